The van der Waals surface area contributed by atoms with Gasteiger partial charge in [0.15, 0.2) is 0 Å². The summed E-state index contributed by atoms with van der Waals surface area (Å²) in [5.74, 6) is -0.412. The number of benzene rings is 1. The highest BCUT2D eigenvalue weighted by Crippen LogP contribution is 2.27. The molecule has 1 heterocycles. The van der Waals surface area contributed by atoms with E-state index in [1.54, 1.807) is 17.0 Å². The van der Waals surface area contributed by atoms with E-state index in [0.29, 0.717) is 26.2 Å². The molecule has 6 nitrogen and oxygen atoms in total. The van der Waals surface area contributed by atoms with Gasteiger partial charge in [-0.2, -0.15) is 5.26 Å². The van der Waals surface area contributed by atoms with Crippen LogP contribution in [0.15, 0.2) is 24.3 Å². The van der Waals surface area contributed by atoms with Gasteiger partial charge in [0.05, 0.1) is 19.0 Å². The first kappa shape index (κ1) is 20.3. The van der Waals surface area contributed by atoms with Crippen LogP contribution in [0.25, 0.3) is 0 Å². The minimum atomic E-state index is -0.706. The maximum Gasteiger partial charge on any atom is 0.235 e. The molecule has 0 aromatic heterocycles. The molecule has 0 radical (unpaired) electrons. The first-order valence-corrected chi connectivity index (χ1v) is 9.96. The molecule has 1 saturated heterocycles. The van der Waals surface area contributed by atoms with Crippen LogP contribution >= 0.6 is 0 Å². The van der Waals surface area contributed by atoms with Crippen molar-refractivity contribution in [3.8, 4) is 6.07 Å². The van der Waals surface area contributed by atoms with E-state index in [4.69, 9.17) is 0 Å². The Hall–Kier alpha value is -2.46. The molecule has 1 aliphatic carbocycles. The summed E-state index contributed by atoms with van der Waals surface area (Å²) in [4.78, 5) is 28.6. The number of carbonyl (C=O) groups excluding carboxylic acids is 2. The third kappa shape index (κ3) is 5.29. The SMILES string of the molecule is N#CC1(NC(=O)CN2CCN(C(=O)Cc3ccc(F)cc3)CC2)CCCCC1. The Balaban J connectivity index is 1.43. The van der Waals surface area contributed by atoms with E-state index in [0.717, 1.165) is 37.7 Å². The highest BCUT2D eigenvalue weighted by atomic mass is 19.1. The van der Waals surface area contributed by atoms with Crippen LogP contribution in [-0.2, 0) is 16.0 Å². The molecule has 28 heavy (non-hydrogen) atoms. The summed E-state index contributed by atoms with van der Waals surface area (Å²) < 4.78 is 13.0. The van der Waals surface area contributed by atoms with Crippen molar-refractivity contribution in [1.82, 2.24) is 15.1 Å². The van der Waals surface area contributed by atoms with Crippen molar-refractivity contribution in [2.45, 2.75) is 44.1 Å². The van der Waals surface area contributed by atoms with Crippen LogP contribution in [0, 0.1) is 17.1 Å². The molecule has 0 atom stereocenters. The van der Waals surface area contributed by atoms with Gasteiger partial charge < -0.3 is 10.2 Å². The van der Waals surface area contributed by atoms with E-state index in [-0.39, 0.29) is 30.6 Å². The third-order valence-corrected chi connectivity index (χ3v) is 5.66. The molecule has 2 aliphatic rings. The van der Waals surface area contributed by atoms with Gasteiger partial charge >= 0.3 is 0 Å². The summed E-state index contributed by atoms with van der Waals surface area (Å²) in [6, 6.07) is 8.29. The summed E-state index contributed by atoms with van der Waals surface area (Å²) >= 11 is 0. The molecular weight excluding hydrogens is 359 g/mol. The van der Waals surface area contributed by atoms with E-state index in [9.17, 15) is 19.2 Å². The molecule has 1 aromatic carbocycles. The fourth-order valence-electron chi connectivity index (χ4n) is 3.97. The lowest BCUT2D eigenvalue weighted by atomic mass is 9.83. The molecule has 7 heteroatoms. The van der Waals surface area contributed by atoms with E-state index in [1.165, 1.54) is 12.1 Å². The van der Waals surface area contributed by atoms with Gasteiger partial charge in [-0.05, 0) is 30.5 Å². The second-order valence-corrected chi connectivity index (χ2v) is 7.76. The second kappa shape index (κ2) is 9.16. The number of hydrogen-bond acceptors (Lipinski definition) is 4. The van der Waals surface area contributed by atoms with Crippen molar-refractivity contribution in [2.75, 3.05) is 32.7 Å². The molecule has 1 saturated carbocycles. The van der Waals surface area contributed by atoms with Gasteiger partial charge in [-0.3, -0.25) is 14.5 Å². The number of hydrogen-bond donors (Lipinski definition) is 1. The van der Waals surface area contributed by atoms with Crippen LogP contribution < -0.4 is 5.32 Å². The number of amides is 2. The Morgan fingerprint density at radius 1 is 1.07 bits per heavy atom. The Bertz CT molecular complexity index is 730. The Labute approximate surface area is 165 Å². The van der Waals surface area contributed by atoms with Crippen molar-refractivity contribution >= 4 is 11.8 Å². The Morgan fingerprint density at radius 3 is 2.32 bits per heavy atom. The van der Waals surface area contributed by atoms with Crippen LogP contribution in [0.5, 0.6) is 0 Å². The van der Waals surface area contributed by atoms with Crippen LogP contribution in [-0.4, -0.2) is 59.9 Å². The Kier molecular flexibility index (Phi) is 6.63. The van der Waals surface area contributed by atoms with Crippen LogP contribution in [0.3, 0.4) is 0 Å². The van der Waals surface area contributed by atoms with Crippen molar-refractivity contribution in [2.24, 2.45) is 0 Å². The molecule has 0 bridgehead atoms. The lowest BCUT2D eigenvalue weighted by Crippen LogP contribution is -2.55. The number of rotatable bonds is 5. The number of nitriles is 1. The van der Waals surface area contributed by atoms with Crippen LogP contribution in [0.2, 0.25) is 0 Å². The molecule has 2 fully saturated rings. The van der Waals surface area contributed by atoms with E-state index < -0.39 is 5.54 Å². The highest BCUT2D eigenvalue weighted by molar-refractivity contribution is 5.80. The average molecular weight is 386 g/mol. The minimum Gasteiger partial charge on any atom is -0.340 e. The molecule has 1 aliphatic heterocycles. The number of nitrogens with one attached hydrogen (secondary N) is 1. The van der Waals surface area contributed by atoms with Crippen LogP contribution in [0.4, 0.5) is 4.39 Å². The maximum absolute atomic E-state index is 13.0. The number of halogens is 1. The zero-order chi connectivity index (χ0) is 20.0. The van der Waals surface area contributed by atoms with Gasteiger partial charge in [0.25, 0.3) is 0 Å². The van der Waals surface area contributed by atoms with Crippen LogP contribution in [0.1, 0.15) is 37.7 Å². The van der Waals surface area contributed by atoms with E-state index >= 15 is 0 Å². The Morgan fingerprint density at radius 2 is 1.71 bits per heavy atom. The monoisotopic (exact) mass is 386 g/mol. The normalized spacial score (nSPS) is 19.6. The van der Waals surface area contributed by atoms with Crippen molar-refractivity contribution in [3.63, 3.8) is 0 Å². The first-order chi connectivity index (χ1) is 13.5. The summed E-state index contributed by atoms with van der Waals surface area (Å²) in [6.45, 7) is 2.64. The zero-order valence-corrected chi connectivity index (χ0v) is 16.1. The summed E-state index contributed by atoms with van der Waals surface area (Å²) in [5.41, 5.74) is 0.0879. The molecular formula is C21H27FN4O2. The summed E-state index contributed by atoms with van der Waals surface area (Å²) in [7, 11) is 0. The van der Waals surface area contributed by atoms with Gasteiger partial charge in [-0.25, -0.2) is 4.39 Å². The third-order valence-electron chi connectivity index (χ3n) is 5.66. The fraction of sp³-hybridized carbons (Fsp3) is 0.571. The van der Waals surface area contributed by atoms with E-state index in [1.807, 2.05) is 4.90 Å². The standard InChI is InChI=1S/C21H27FN4O2/c22-18-6-4-17(5-7-18)14-20(28)26-12-10-25(11-13-26)15-19(27)24-21(16-23)8-2-1-3-9-21/h4-7H,1-3,8-15H2,(H,24,27). The molecule has 0 spiro atoms. The molecule has 1 aromatic rings. The summed E-state index contributed by atoms with van der Waals surface area (Å²) in [5, 5.41) is 12.4. The van der Waals surface area contributed by atoms with E-state index in [2.05, 4.69) is 11.4 Å². The lowest BCUT2D eigenvalue weighted by Gasteiger charge is -2.36. The molecule has 3 rings (SSSR count). The predicted octanol–water partition coefficient (Wildman–Crippen LogP) is 1.86. The molecule has 1 N–H and O–H groups in total. The van der Waals surface area contributed by atoms with Gasteiger partial charge in [-0.15, -0.1) is 0 Å². The smallest absolute Gasteiger partial charge is 0.235 e. The van der Waals surface area contributed by atoms with Gasteiger partial charge in [-0.1, -0.05) is 31.4 Å². The topological polar surface area (TPSA) is 76.4 Å². The molecule has 2 amide bonds. The van der Waals surface area contributed by atoms with Crippen molar-refractivity contribution in [3.05, 3.63) is 35.6 Å². The fourth-order valence-corrected chi connectivity index (χ4v) is 3.97. The quantitative estimate of drug-likeness (QED) is 0.838. The molecule has 0 unspecified atom stereocenters. The number of carbonyl (C=O) groups is 2. The average Bonchev–Trinajstić information content (AvgIpc) is 2.71. The first-order valence-electron chi connectivity index (χ1n) is 9.96. The second-order valence-electron chi connectivity index (χ2n) is 7.76. The zero-order valence-electron chi connectivity index (χ0n) is 16.1. The predicted molar refractivity (Wildman–Crippen MR) is 103 cm³/mol. The van der Waals surface area contributed by atoms with Gasteiger partial charge in [0, 0.05) is 26.2 Å². The van der Waals surface area contributed by atoms with Gasteiger partial charge in [0.1, 0.15) is 11.4 Å². The maximum atomic E-state index is 13.0. The van der Waals surface area contributed by atoms with Crippen molar-refractivity contribution in [1.29, 1.82) is 5.26 Å². The largest absolute Gasteiger partial charge is 0.340 e. The highest BCUT2D eigenvalue weighted by Gasteiger charge is 2.34. The van der Waals surface area contributed by atoms with Gasteiger partial charge in [0.2, 0.25) is 11.8 Å². The minimum absolute atomic E-state index is 0.0151. The summed E-state index contributed by atoms with van der Waals surface area (Å²) in [6.07, 6.45) is 4.77. The number of piperazine rings is 1. The number of nitrogens with zero attached hydrogens (tertiary/aromatic N) is 3. The lowest BCUT2D eigenvalue weighted by molar-refractivity contribution is -0.132. The molecule has 150 valence electrons. The van der Waals surface area contributed by atoms with Crippen molar-refractivity contribution < 1.29 is 14.0 Å².